The molecule has 1 aromatic heterocycles. The summed E-state index contributed by atoms with van der Waals surface area (Å²) in [4.78, 5) is 0. The minimum atomic E-state index is 0.295. The number of nitrogens with zero attached hydrogens (tertiary/aromatic N) is 1. The number of hydrogen-bond donors (Lipinski definition) is 1. The summed E-state index contributed by atoms with van der Waals surface area (Å²) in [6.07, 6.45) is 9.61. The molecule has 0 saturated carbocycles. The van der Waals surface area contributed by atoms with Gasteiger partial charge in [0.1, 0.15) is 5.75 Å². The second-order valence-corrected chi connectivity index (χ2v) is 3.86. The van der Waals surface area contributed by atoms with Gasteiger partial charge in [0.25, 0.3) is 0 Å². The molecule has 0 fully saturated rings. The summed E-state index contributed by atoms with van der Waals surface area (Å²) in [6.45, 7) is 5.67. The van der Waals surface area contributed by atoms with E-state index >= 15 is 0 Å². The van der Waals surface area contributed by atoms with E-state index in [0.717, 1.165) is 16.6 Å². The highest BCUT2D eigenvalue weighted by Gasteiger charge is 2.02. The van der Waals surface area contributed by atoms with Crippen LogP contribution in [0.4, 0.5) is 0 Å². The molecule has 2 aromatic rings. The van der Waals surface area contributed by atoms with Crippen LogP contribution in [-0.4, -0.2) is 9.67 Å². The monoisotopic (exact) mass is 225 g/mol. The maximum Gasteiger partial charge on any atom is 0.116 e. The summed E-state index contributed by atoms with van der Waals surface area (Å²) in [5.41, 5.74) is 2.20. The van der Waals surface area contributed by atoms with Crippen LogP contribution in [0, 0.1) is 0 Å². The molecule has 2 nitrogen and oxygen atoms in total. The lowest BCUT2D eigenvalue weighted by atomic mass is 10.2. The van der Waals surface area contributed by atoms with E-state index in [-0.39, 0.29) is 0 Å². The first-order valence-electron chi connectivity index (χ1n) is 5.49. The molecule has 2 heteroatoms. The van der Waals surface area contributed by atoms with Crippen LogP contribution in [0.15, 0.2) is 61.3 Å². The maximum absolute atomic E-state index is 9.41. The Balaban J connectivity index is 2.45. The highest BCUT2D eigenvalue weighted by Crippen LogP contribution is 2.23. The zero-order chi connectivity index (χ0) is 12.3. The van der Waals surface area contributed by atoms with Gasteiger partial charge in [-0.15, -0.1) is 0 Å². The fourth-order valence-electron chi connectivity index (χ4n) is 1.79. The van der Waals surface area contributed by atoms with E-state index in [1.807, 2.05) is 43.5 Å². The predicted octanol–water partition coefficient (Wildman–Crippen LogP) is 3.95. The van der Waals surface area contributed by atoms with Crippen molar-refractivity contribution in [3.63, 3.8) is 0 Å². The molecule has 0 spiro atoms. The van der Waals surface area contributed by atoms with E-state index in [4.69, 9.17) is 0 Å². The van der Waals surface area contributed by atoms with Crippen LogP contribution in [0.5, 0.6) is 5.75 Å². The molecule has 86 valence electrons. The van der Waals surface area contributed by atoms with Crippen LogP contribution in [0.1, 0.15) is 6.92 Å². The quantitative estimate of drug-likeness (QED) is 0.786. The lowest BCUT2D eigenvalue weighted by molar-refractivity contribution is 0.476. The van der Waals surface area contributed by atoms with Crippen molar-refractivity contribution in [1.29, 1.82) is 0 Å². The molecular formula is C15H15NO. The highest BCUT2D eigenvalue weighted by molar-refractivity contribution is 5.84. The third-order valence-corrected chi connectivity index (χ3v) is 2.64. The van der Waals surface area contributed by atoms with Gasteiger partial charge < -0.3 is 9.67 Å². The van der Waals surface area contributed by atoms with Crippen molar-refractivity contribution in [2.24, 2.45) is 0 Å². The molecule has 0 aliphatic carbocycles. The molecule has 0 saturated heterocycles. The summed E-state index contributed by atoms with van der Waals surface area (Å²) in [5.74, 6) is 0.295. The SMILES string of the molecule is C=C/C=C\C=C(/C)n1ccc2cc(O)ccc21. The van der Waals surface area contributed by atoms with Gasteiger partial charge in [-0.1, -0.05) is 24.8 Å². The Hall–Kier alpha value is -2.22. The molecule has 1 heterocycles. The third-order valence-electron chi connectivity index (χ3n) is 2.64. The topological polar surface area (TPSA) is 25.2 Å². The molecule has 0 unspecified atom stereocenters. The summed E-state index contributed by atoms with van der Waals surface area (Å²) in [6, 6.07) is 7.37. The summed E-state index contributed by atoms with van der Waals surface area (Å²) in [5, 5.41) is 10.4. The largest absolute Gasteiger partial charge is 0.508 e. The number of aromatic hydroxyl groups is 1. The van der Waals surface area contributed by atoms with E-state index in [0.29, 0.717) is 5.75 Å². The van der Waals surface area contributed by atoms with Crippen molar-refractivity contribution >= 4 is 16.6 Å². The van der Waals surface area contributed by atoms with Gasteiger partial charge in [-0.25, -0.2) is 0 Å². The molecule has 17 heavy (non-hydrogen) atoms. The lowest BCUT2D eigenvalue weighted by Crippen LogP contribution is -1.89. The van der Waals surface area contributed by atoms with Crippen LogP contribution < -0.4 is 0 Å². The normalized spacial score (nSPS) is 12.4. The molecule has 0 bridgehead atoms. The number of hydrogen-bond acceptors (Lipinski definition) is 1. The summed E-state index contributed by atoms with van der Waals surface area (Å²) < 4.78 is 2.09. The Bertz CT molecular complexity index is 602. The first-order chi connectivity index (χ1) is 8.22. The first kappa shape index (κ1) is 11.3. The third kappa shape index (κ3) is 2.31. The Morgan fingerprint density at radius 3 is 2.88 bits per heavy atom. The molecule has 0 aliphatic rings. The van der Waals surface area contributed by atoms with Crippen molar-refractivity contribution in [3.8, 4) is 5.75 Å². The van der Waals surface area contributed by atoms with Crippen LogP contribution in [0.25, 0.3) is 16.6 Å². The zero-order valence-corrected chi connectivity index (χ0v) is 9.80. The number of phenols is 1. The molecule has 0 radical (unpaired) electrons. The average Bonchev–Trinajstić information content (AvgIpc) is 2.72. The fourth-order valence-corrected chi connectivity index (χ4v) is 1.79. The van der Waals surface area contributed by atoms with Crippen LogP contribution >= 0.6 is 0 Å². The second-order valence-electron chi connectivity index (χ2n) is 3.86. The van der Waals surface area contributed by atoms with Crippen molar-refractivity contribution in [3.05, 3.63) is 61.3 Å². The average molecular weight is 225 g/mol. The lowest BCUT2D eigenvalue weighted by Gasteiger charge is -2.04. The predicted molar refractivity (Wildman–Crippen MR) is 72.9 cm³/mol. The van der Waals surface area contributed by atoms with E-state index in [2.05, 4.69) is 11.1 Å². The van der Waals surface area contributed by atoms with Crippen LogP contribution in [0.2, 0.25) is 0 Å². The van der Waals surface area contributed by atoms with Gasteiger partial charge in [0.05, 0.1) is 5.52 Å². The Labute approximate surface area is 101 Å². The number of aromatic nitrogens is 1. The number of allylic oxidation sites excluding steroid dienone is 5. The molecule has 0 atom stereocenters. The Kier molecular flexibility index (Phi) is 3.15. The Morgan fingerprint density at radius 2 is 2.12 bits per heavy atom. The van der Waals surface area contributed by atoms with Crippen molar-refractivity contribution in [1.82, 2.24) is 4.57 Å². The number of fused-ring (bicyclic) bond motifs is 1. The number of rotatable bonds is 3. The first-order valence-corrected chi connectivity index (χ1v) is 5.49. The molecule has 1 aromatic carbocycles. The van der Waals surface area contributed by atoms with E-state index in [1.54, 1.807) is 18.2 Å². The summed E-state index contributed by atoms with van der Waals surface area (Å²) in [7, 11) is 0. The standard InChI is InChI=1S/C15H15NO/c1-3-4-5-6-12(2)16-10-9-13-11-14(17)7-8-15(13)16/h3-11,17H,1H2,2H3/b5-4-,12-6+. The molecule has 0 amide bonds. The van der Waals surface area contributed by atoms with Gasteiger partial charge in [0.2, 0.25) is 0 Å². The maximum atomic E-state index is 9.41. The van der Waals surface area contributed by atoms with Gasteiger partial charge in [-0.3, -0.25) is 0 Å². The van der Waals surface area contributed by atoms with Gasteiger partial charge in [0.15, 0.2) is 0 Å². The van der Waals surface area contributed by atoms with Crippen molar-refractivity contribution in [2.75, 3.05) is 0 Å². The molecule has 2 rings (SSSR count). The minimum absolute atomic E-state index is 0.295. The van der Waals surface area contributed by atoms with Crippen molar-refractivity contribution < 1.29 is 5.11 Å². The molecule has 0 aliphatic heterocycles. The van der Waals surface area contributed by atoms with Crippen molar-refractivity contribution in [2.45, 2.75) is 6.92 Å². The Morgan fingerprint density at radius 1 is 1.29 bits per heavy atom. The highest BCUT2D eigenvalue weighted by atomic mass is 16.3. The van der Waals surface area contributed by atoms with Gasteiger partial charge in [0, 0.05) is 17.3 Å². The zero-order valence-electron chi connectivity index (χ0n) is 9.80. The van der Waals surface area contributed by atoms with E-state index in [1.165, 1.54) is 0 Å². The van der Waals surface area contributed by atoms with E-state index < -0.39 is 0 Å². The van der Waals surface area contributed by atoms with Gasteiger partial charge >= 0.3 is 0 Å². The van der Waals surface area contributed by atoms with Gasteiger partial charge in [-0.2, -0.15) is 0 Å². The second kappa shape index (κ2) is 4.74. The smallest absolute Gasteiger partial charge is 0.116 e. The fraction of sp³-hybridized carbons (Fsp3) is 0.0667. The van der Waals surface area contributed by atoms with Crippen LogP contribution in [0.3, 0.4) is 0 Å². The van der Waals surface area contributed by atoms with E-state index in [9.17, 15) is 5.11 Å². The van der Waals surface area contributed by atoms with Gasteiger partial charge in [-0.05, 0) is 37.3 Å². The molecule has 1 N–H and O–H groups in total. The minimum Gasteiger partial charge on any atom is -0.508 e. The molecular weight excluding hydrogens is 210 g/mol. The van der Waals surface area contributed by atoms with Crippen LogP contribution in [-0.2, 0) is 0 Å². The number of phenolic OH excluding ortho intramolecular Hbond substituents is 1. The number of benzene rings is 1. The summed E-state index contributed by atoms with van der Waals surface area (Å²) >= 11 is 0.